The molecule has 1 N–H and O–H groups in total. The van der Waals surface area contributed by atoms with Crippen LogP contribution >= 0.6 is 0 Å². The van der Waals surface area contributed by atoms with Gasteiger partial charge in [0.15, 0.2) is 6.10 Å². The molecule has 9 heteroatoms. The SMILES string of the molecule is CCC/C=C\C/C=C\CCCCCCCC(=O)OC(COC(=O)CCCCCCCCCCCCCCCCCCCCCCCCCCCCCCCC)COC(OCC[N+](C)(C)C)C(=O)O. The van der Waals surface area contributed by atoms with Gasteiger partial charge in [-0.25, -0.2) is 4.79 Å². The quantitative estimate of drug-likeness (QED) is 0.0211. The Morgan fingerprint density at radius 3 is 1.22 bits per heavy atom. The summed E-state index contributed by atoms with van der Waals surface area (Å²) in [5.74, 6) is -2.01. The van der Waals surface area contributed by atoms with E-state index >= 15 is 0 Å². The third-order valence-corrected chi connectivity index (χ3v) is 12.9. The summed E-state index contributed by atoms with van der Waals surface area (Å²) >= 11 is 0. The van der Waals surface area contributed by atoms with Crippen LogP contribution in [0.4, 0.5) is 0 Å². The number of allylic oxidation sites excluding steroid dienone is 4. The maximum Gasteiger partial charge on any atom is 0.361 e. The van der Waals surface area contributed by atoms with E-state index in [1.54, 1.807) is 0 Å². The largest absolute Gasteiger partial charge is 0.477 e. The number of unbranched alkanes of at least 4 members (excludes halogenated alkanes) is 35. The Bertz CT molecular complexity index is 1170. The Morgan fingerprint density at radius 1 is 0.441 bits per heavy atom. The van der Waals surface area contributed by atoms with Crippen molar-refractivity contribution in [2.75, 3.05) is 47.5 Å². The van der Waals surface area contributed by atoms with Gasteiger partial charge in [-0.15, -0.1) is 0 Å². The van der Waals surface area contributed by atoms with E-state index in [9.17, 15) is 19.5 Å². The minimum atomic E-state index is -1.51. The van der Waals surface area contributed by atoms with E-state index in [4.69, 9.17) is 18.9 Å². The summed E-state index contributed by atoms with van der Waals surface area (Å²) in [4.78, 5) is 37.3. The third kappa shape index (κ3) is 51.6. The van der Waals surface area contributed by atoms with E-state index in [1.165, 1.54) is 180 Å². The van der Waals surface area contributed by atoms with E-state index in [1.807, 2.05) is 21.1 Å². The van der Waals surface area contributed by atoms with Gasteiger partial charge in [0, 0.05) is 12.8 Å². The molecule has 0 rings (SSSR count). The maximum atomic E-state index is 12.8. The second kappa shape index (κ2) is 51.1. The molecular formula is C59H112NO8+. The van der Waals surface area contributed by atoms with Crippen LogP contribution in [0, 0.1) is 0 Å². The maximum absolute atomic E-state index is 12.8. The summed E-state index contributed by atoms with van der Waals surface area (Å²) < 4.78 is 22.8. The molecule has 9 nitrogen and oxygen atoms in total. The van der Waals surface area contributed by atoms with E-state index in [0.29, 0.717) is 23.9 Å². The number of quaternary nitrogens is 1. The van der Waals surface area contributed by atoms with Gasteiger partial charge >= 0.3 is 17.9 Å². The van der Waals surface area contributed by atoms with Crippen molar-refractivity contribution >= 4 is 17.9 Å². The Kier molecular flexibility index (Phi) is 49.5. The zero-order chi connectivity index (χ0) is 49.9. The molecule has 68 heavy (non-hydrogen) atoms. The normalized spacial score (nSPS) is 12.9. The highest BCUT2D eigenvalue weighted by atomic mass is 16.7. The van der Waals surface area contributed by atoms with Crippen LogP contribution < -0.4 is 0 Å². The summed E-state index contributed by atoms with van der Waals surface area (Å²) in [5, 5.41) is 9.67. The van der Waals surface area contributed by atoms with Crippen LogP contribution in [0.15, 0.2) is 24.3 Å². The minimum Gasteiger partial charge on any atom is -0.477 e. The number of hydrogen-bond donors (Lipinski definition) is 1. The van der Waals surface area contributed by atoms with E-state index in [0.717, 1.165) is 64.2 Å². The highest BCUT2D eigenvalue weighted by Crippen LogP contribution is 2.18. The first-order chi connectivity index (χ1) is 33.1. The first kappa shape index (κ1) is 65.8. The molecular weight excluding hydrogens is 851 g/mol. The number of ether oxygens (including phenoxy) is 4. The number of nitrogens with zero attached hydrogens (tertiary/aromatic N) is 1. The molecule has 0 aromatic rings. The summed E-state index contributed by atoms with van der Waals surface area (Å²) in [5.41, 5.74) is 0. The number of aliphatic carboxylic acids is 1. The molecule has 0 aliphatic carbocycles. The standard InChI is InChI=1S/C59H111NO8/c1-6-8-10-12-14-16-18-20-21-22-23-24-25-26-27-28-29-30-31-32-33-34-35-36-38-39-41-43-45-47-49-56(61)66-53-55(54-67-59(58(63)64)65-52-51-60(3,4)5)68-57(62)50-48-46-44-42-40-37-19-17-15-13-11-9-7-2/h11,13,17,19,55,59H,6-10,12,14-16,18,20-54H2,1-5H3/p+1/b13-11-,19-17-. The number of carbonyl (C=O) groups excluding carboxylic acids is 2. The molecule has 0 aromatic heterocycles. The van der Waals surface area contributed by atoms with Gasteiger partial charge in [-0.1, -0.05) is 250 Å². The molecule has 0 spiro atoms. The molecule has 0 aromatic carbocycles. The number of hydrogen-bond acceptors (Lipinski definition) is 7. The van der Waals surface area contributed by atoms with Crippen molar-refractivity contribution < 1.29 is 42.9 Å². The molecule has 0 bridgehead atoms. The molecule has 0 radical (unpaired) electrons. The number of carboxylic acids is 1. The van der Waals surface area contributed by atoms with Crippen LogP contribution in [-0.2, 0) is 33.3 Å². The Balaban J connectivity index is 4.05. The van der Waals surface area contributed by atoms with Crippen LogP contribution in [0.1, 0.15) is 277 Å². The van der Waals surface area contributed by atoms with Crippen LogP contribution in [-0.4, -0.2) is 87.4 Å². The van der Waals surface area contributed by atoms with Crippen molar-refractivity contribution in [3.05, 3.63) is 24.3 Å². The highest BCUT2D eigenvalue weighted by molar-refractivity contribution is 5.71. The van der Waals surface area contributed by atoms with Gasteiger partial charge in [-0.2, -0.15) is 0 Å². The van der Waals surface area contributed by atoms with Crippen LogP contribution in [0.3, 0.4) is 0 Å². The lowest BCUT2D eigenvalue weighted by atomic mass is 10.0. The lowest BCUT2D eigenvalue weighted by Crippen LogP contribution is -2.40. The molecule has 0 saturated carbocycles. The van der Waals surface area contributed by atoms with Crippen LogP contribution in [0.5, 0.6) is 0 Å². The smallest absolute Gasteiger partial charge is 0.361 e. The molecule has 0 amide bonds. The Morgan fingerprint density at radius 2 is 0.824 bits per heavy atom. The lowest BCUT2D eigenvalue weighted by Gasteiger charge is -2.25. The number of esters is 2. The van der Waals surface area contributed by atoms with Gasteiger partial charge in [0.05, 0.1) is 34.4 Å². The monoisotopic (exact) mass is 963 g/mol. The fraction of sp³-hybridized carbons (Fsp3) is 0.881. The van der Waals surface area contributed by atoms with Crippen molar-refractivity contribution in [2.45, 2.75) is 289 Å². The van der Waals surface area contributed by atoms with E-state index < -0.39 is 24.3 Å². The highest BCUT2D eigenvalue weighted by Gasteiger charge is 2.25. The van der Waals surface area contributed by atoms with Crippen molar-refractivity contribution in [1.82, 2.24) is 0 Å². The van der Waals surface area contributed by atoms with Gasteiger partial charge < -0.3 is 28.5 Å². The second-order valence-corrected chi connectivity index (χ2v) is 21.0. The first-order valence-corrected chi connectivity index (χ1v) is 29.0. The van der Waals surface area contributed by atoms with E-state index in [2.05, 4.69) is 38.2 Å². The molecule has 2 atom stereocenters. The average molecular weight is 964 g/mol. The molecule has 0 heterocycles. The van der Waals surface area contributed by atoms with Gasteiger partial charge in [-0.3, -0.25) is 9.59 Å². The third-order valence-electron chi connectivity index (χ3n) is 12.9. The molecule has 0 aliphatic rings. The molecule has 400 valence electrons. The van der Waals surface area contributed by atoms with Crippen molar-refractivity contribution in [2.24, 2.45) is 0 Å². The molecule has 0 saturated heterocycles. The van der Waals surface area contributed by atoms with Gasteiger partial charge in [-0.05, 0) is 38.5 Å². The predicted molar refractivity (Wildman–Crippen MR) is 286 cm³/mol. The van der Waals surface area contributed by atoms with E-state index in [-0.39, 0.29) is 32.2 Å². The van der Waals surface area contributed by atoms with Gasteiger partial charge in [0.1, 0.15) is 13.2 Å². The fourth-order valence-corrected chi connectivity index (χ4v) is 8.47. The lowest BCUT2D eigenvalue weighted by molar-refractivity contribution is -0.870. The zero-order valence-electron chi connectivity index (χ0n) is 45.5. The number of likely N-dealkylation sites (N-methyl/N-ethyl adjacent to an activating group) is 1. The fourth-order valence-electron chi connectivity index (χ4n) is 8.47. The number of carbonyl (C=O) groups is 3. The van der Waals surface area contributed by atoms with Crippen molar-refractivity contribution in [1.29, 1.82) is 0 Å². The molecule has 0 fully saturated rings. The zero-order valence-corrected chi connectivity index (χ0v) is 45.5. The van der Waals surface area contributed by atoms with Crippen LogP contribution in [0.25, 0.3) is 0 Å². The summed E-state index contributed by atoms with van der Waals surface area (Å²) in [7, 11) is 5.96. The molecule has 0 aliphatic heterocycles. The average Bonchev–Trinajstić information content (AvgIpc) is 3.30. The van der Waals surface area contributed by atoms with Crippen molar-refractivity contribution in [3.63, 3.8) is 0 Å². The number of rotatable bonds is 54. The molecule has 2 unspecified atom stereocenters. The topological polar surface area (TPSA) is 108 Å². The summed E-state index contributed by atoms with van der Waals surface area (Å²) in [6.45, 7) is 4.83. The summed E-state index contributed by atoms with van der Waals surface area (Å²) in [6, 6.07) is 0. The Labute approximate surface area is 420 Å². The predicted octanol–water partition coefficient (Wildman–Crippen LogP) is 16.7. The Hall–Kier alpha value is -2.23. The number of carboxylic acid groups (broad SMARTS) is 1. The first-order valence-electron chi connectivity index (χ1n) is 29.0. The minimum absolute atomic E-state index is 0.183. The summed E-state index contributed by atoms with van der Waals surface area (Å²) in [6.07, 6.45) is 57.1. The van der Waals surface area contributed by atoms with Crippen LogP contribution in [0.2, 0.25) is 0 Å². The van der Waals surface area contributed by atoms with Gasteiger partial charge in [0.2, 0.25) is 0 Å². The van der Waals surface area contributed by atoms with Gasteiger partial charge in [0.25, 0.3) is 6.29 Å². The van der Waals surface area contributed by atoms with Crippen molar-refractivity contribution in [3.8, 4) is 0 Å². The second-order valence-electron chi connectivity index (χ2n) is 21.0.